The van der Waals surface area contributed by atoms with Crippen LogP contribution in [0.15, 0.2) is 0 Å². The van der Waals surface area contributed by atoms with E-state index in [1.54, 1.807) is 0 Å². The van der Waals surface area contributed by atoms with E-state index in [2.05, 4.69) is 17.3 Å². The third-order valence-corrected chi connectivity index (χ3v) is 2.40. The molecule has 1 rings (SSSR count). The summed E-state index contributed by atoms with van der Waals surface area (Å²) < 4.78 is 0. The number of amides is 1. The Morgan fingerprint density at radius 2 is 2.08 bits per heavy atom. The average Bonchev–Trinajstić information content (AvgIpc) is 2.09. The van der Waals surface area contributed by atoms with Crippen LogP contribution in [0.4, 0.5) is 0 Å². The van der Waals surface area contributed by atoms with Crippen molar-refractivity contribution in [2.24, 2.45) is 0 Å². The Morgan fingerprint density at radius 1 is 1.50 bits per heavy atom. The summed E-state index contributed by atoms with van der Waals surface area (Å²) in [5.74, 6) is 0.185. The minimum Gasteiger partial charge on any atom is -0.353 e. The van der Waals surface area contributed by atoms with Crippen LogP contribution in [0.5, 0.6) is 0 Å². The van der Waals surface area contributed by atoms with Crippen LogP contribution in [0, 0.1) is 0 Å². The molecule has 1 saturated heterocycles. The van der Waals surface area contributed by atoms with Crippen LogP contribution in [-0.4, -0.2) is 37.0 Å². The first-order valence-corrected chi connectivity index (χ1v) is 4.70. The van der Waals surface area contributed by atoms with Gasteiger partial charge < -0.3 is 10.2 Å². The Hall–Kier alpha value is -0.570. The van der Waals surface area contributed by atoms with Crippen molar-refractivity contribution in [2.75, 3.05) is 20.1 Å². The van der Waals surface area contributed by atoms with Crippen molar-refractivity contribution in [3.63, 3.8) is 0 Å². The van der Waals surface area contributed by atoms with Gasteiger partial charge in [0.15, 0.2) is 0 Å². The highest BCUT2D eigenvalue weighted by molar-refractivity contribution is 5.75. The lowest BCUT2D eigenvalue weighted by atomic mass is 10.1. The second kappa shape index (κ2) is 4.45. The molecule has 1 N–H and O–H groups in total. The van der Waals surface area contributed by atoms with Crippen LogP contribution < -0.4 is 5.32 Å². The van der Waals surface area contributed by atoms with Gasteiger partial charge in [0, 0.05) is 12.5 Å². The van der Waals surface area contributed by atoms with E-state index in [4.69, 9.17) is 0 Å². The fourth-order valence-electron chi connectivity index (χ4n) is 1.48. The lowest BCUT2D eigenvalue weighted by Crippen LogP contribution is -2.43. The highest BCUT2D eigenvalue weighted by Crippen LogP contribution is 2.07. The maximum absolute atomic E-state index is 11.0. The monoisotopic (exact) mass is 170 g/mol. The second-order valence-corrected chi connectivity index (χ2v) is 3.50. The topological polar surface area (TPSA) is 32.3 Å². The summed E-state index contributed by atoms with van der Waals surface area (Å²) >= 11 is 0. The quantitative estimate of drug-likeness (QED) is 0.658. The second-order valence-electron chi connectivity index (χ2n) is 3.50. The van der Waals surface area contributed by atoms with E-state index < -0.39 is 0 Å². The molecule has 0 spiro atoms. The zero-order chi connectivity index (χ0) is 8.97. The van der Waals surface area contributed by atoms with Gasteiger partial charge in [-0.3, -0.25) is 4.79 Å². The van der Waals surface area contributed by atoms with E-state index in [1.165, 1.54) is 0 Å². The normalized spacial score (nSPS) is 20.8. The van der Waals surface area contributed by atoms with Gasteiger partial charge in [-0.1, -0.05) is 6.92 Å². The largest absolute Gasteiger partial charge is 0.353 e. The summed E-state index contributed by atoms with van der Waals surface area (Å²) in [6.45, 7) is 4.10. The number of likely N-dealkylation sites (tertiary alicyclic amines) is 1. The first-order chi connectivity index (χ1) is 5.72. The van der Waals surface area contributed by atoms with Crippen molar-refractivity contribution in [3.05, 3.63) is 0 Å². The number of hydrogen-bond donors (Lipinski definition) is 1. The zero-order valence-electron chi connectivity index (χ0n) is 7.97. The molecule has 0 unspecified atom stereocenters. The van der Waals surface area contributed by atoms with Crippen LogP contribution in [0.2, 0.25) is 0 Å². The molecule has 0 bridgehead atoms. The highest BCUT2D eigenvalue weighted by Gasteiger charge is 2.17. The van der Waals surface area contributed by atoms with Crippen molar-refractivity contribution >= 4 is 5.91 Å². The molecule has 70 valence electrons. The van der Waals surface area contributed by atoms with Crippen molar-refractivity contribution in [1.29, 1.82) is 0 Å². The number of piperidine rings is 1. The number of carbonyl (C=O) groups excluding carboxylic acids is 1. The first kappa shape index (κ1) is 9.52. The van der Waals surface area contributed by atoms with Gasteiger partial charge in [-0.2, -0.15) is 0 Å². The van der Waals surface area contributed by atoms with Crippen molar-refractivity contribution in [2.45, 2.75) is 32.2 Å². The van der Waals surface area contributed by atoms with E-state index in [9.17, 15) is 4.79 Å². The van der Waals surface area contributed by atoms with E-state index in [0.717, 1.165) is 25.9 Å². The lowest BCUT2D eigenvalue weighted by molar-refractivity contribution is -0.121. The summed E-state index contributed by atoms with van der Waals surface area (Å²) in [6, 6.07) is 0.425. The minimum absolute atomic E-state index is 0.185. The standard InChI is InChI=1S/C9H18N2O/c1-3-9(12)10-8-4-6-11(2)7-5-8/h8H,3-7H2,1-2H3,(H,10,12). The van der Waals surface area contributed by atoms with Gasteiger partial charge in [0.2, 0.25) is 5.91 Å². The SMILES string of the molecule is CCC(=O)NC1CCN(C)CC1. The molecule has 0 aromatic rings. The highest BCUT2D eigenvalue weighted by atomic mass is 16.1. The number of nitrogens with zero attached hydrogens (tertiary/aromatic N) is 1. The van der Waals surface area contributed by atoms with Crippen molar-refractivity contribution in [3.8, 4) is 0 Å². The summed E-state index contributed by atoms with van der Waals surface area (Å²) in [5.41, 5.74) is 0. The average molecular weight is 170 g/mol. The molecular formula is C9H18N2O. The number of carbonyl (C=O) groups is 1. The van der Waals surface area contributed by atoms with Crippen molar-refractivity contribution in [1.82, 2.24) is 10.2 Å². The number of nitrogens with one attached hydrogen (secondary N) is 1. The van der Waals surface area contributed by atoms with E-state index in [1.807, 2.05) is 6.92 Å². The molecule has 1 amide bonds. The molecule has 1 aliphatic rings. The summed E-state index contributed by atoms with van der Waals surface area (Å²) in [5, 5.41) is 3.02. The van der Waals surface area contributed by atoms with Gasteiger partial charge in [0.25, 0.3) is 0 Å². The van der Waals surface area contributed by atoms with Gasteiger partial charge in [-0.25, -0.2) is 0 Å². The third-order valence-electron chi connectivity index (χ3n) is 2.40. The first-order valence-electron chi connectivity index (χ1n) is 4.70. The van der Waals surface area contributed by atoms with Crippen LogP contribution in [0.25, 0.3) is 0 Å². The molecule has 0 radical (unpaired) electrons. The van der Waals surface area contributed by atoms with Gasteiger partial charge in [-0.05, 0) is 33.0 Å². The Morgan fingerprint density at radius 3 is 2.58 bits per heavy atom. The number of rotatable bonds is 2. The van der Waals surface area contributed by atoms with Crippen LogP contribution >= 0.6 is 0 Å². The maximum Gasteiger partial charge on any atom is 0.219 e. The Balaban J connectivity index is 2.21. The third kappa shape index (κ3) is 2.81. The molecule has 3 nitrogen and oxygen atoms in total. The summed E-state index contributed by atoms with van der Waals surface area (Å²) in [4.78, 5) is 13.3. The fourth-order valence-corrected chi connectivity index (χ4v) is 1.48. The van der Waals surface area contributed by atoms with E-state index >= 15 is 0 Å². The maximum atomic E-state index is 11.0. The Labute approximate surface area is 74.1 Å². The van der Waals surface area contributed by atoms with Gasteiger partial charge in [0.1, 0.15) is 0 Å². The van der Waals surface area contributed by atoms with Gasteiger partial charge in [-0.15, -0.1) is 0 Å². The molecule has 0 aromatic carbocycles. The summed E-state index contributed by atoms with van der Waals surface area (Å²) in [6.07, 6.45) is 2.80. The van der Waals surface area contributed by atoms with Gasteiger partial charge in [0.05, 0.1) is 0 Å². The minimum atomic E-state index is 0.185. The molecule has 1 heterocycles. The molecule has 0 aliphatic carbocycles. The van der Waals surface area contributed by atoms with Gasteiger partial charge >= 0.3 is 0 Å². The molecule has 3 heteroatoms. The van der Waals surface area contributed by atoms with Crippen LogP contribution in [-0.2, 0) is 4.79 Å². The lowest BCUT2D eigenvalue weighted by Gasteiger charge is -2.29. The Bertz CT molecular complexity index is 151. The zero-order valence-corrected chi connectivity index (χ0v) is 7.97. The molecular weight excluding hydrogens is 152 g/mol. The molecule has 1 fully saturated rings. The van der Waals surface area contributed by atoms with Crippen LogP contribution in [0.1, 0.15) is 26.2 Å². The fraction of sp³-hybridized carbons (Fsp3) is 0.889. The summed E-state index contributed by atoms with van der Waals surface area (Å²) in [7, 11) is 2.12. The molecule has 0 atom stereocenters. The van der Waals surface area contributed by atoms with Crippen molar-refractivity contribution < 1.29 is 4.79 Å². The van der Waals surface area contributed by atoms with E-state index in [-0.39, 0.29) is 5.91 Å². The Kier molecular flexibility index (Phi) is 3.53. The van der Waals surface area contributed by atoms with E-state index in [0.29, 0.717) is 12.5 Å². The molecule has 0 saturated carbocycles. The molecule has 0 aromatic heterocycles. The molecule has 12 heavy (non-hydrogen) atoms. The molecule has 1 aliphatic heterocycles. The predicted octanol–water partition coefficient (Wildman–Crippen LogP) is 0.607. The smallest absolute Gasteiger partial charge is 0.219 e. The predicted molar refractivity (Wildman–Crippen MR) is 49.0 cm³/mol. The van der Waals surface area contributed by atoms with Crippen LogP contribution in [0.3, 0.4) is 0 Å². The number of hydrogen-bond acceptors (Lipinski definition) is 2.